The molecule has 3 N–H and O–H groups in total. The number of halogens is 2. The van der Waals surface area contributed by atoms with Gasteiger partial charge in [0.1, 0.15) is 0 Å². The molecule has 0 atom stereocenters. The number of pyridine rings is 1. The molecule has 2 aromatic heterocycles. The Kier molecular flexibility index (Phi) is 7.68. The predicted octanol–water partition coefficient (Wildman–Crippen LogP) is 2.79. The Morgan fingerprint density at radius 1 is 1.14 bits per heavy atom. The molecule has 0 radical (unpaired) electrons. The third kappa shape index (κ3) is 5.19. The molecular weight excluding hydrogens is 649 g/mol. The minimum absolute atomic E-state index is 0.135. The van der Waals surface area contributed by atoms with Gasteiger partial charge in [-0.1, -0.05) is 30.3 Å². The molecule has 2 aliphatic rings. The number of ether oxygens (including phenoxy) is 2. The Labute approximate surface area is 234 Å². The summed E-state index contributed by atoms with van der Waals surface area (Å²) in [5.74, 6) is 1.58. The van der Waals surface area contributed by atoms with Crippen LogP contribution in [-0.4, -0.2) is 36.6 Å². The van der Waals surface area contributed by atoms with Gasteiger partial charge in [-0.2, -0.15) is 0 Å². The van der Waals surface area contributed by atoms with E-state index in [1.54, 1.807) is 18.0 Å². The van der Waals surface area contributed by atoms with E-state index in [1.165, 1.54) is 7.11 Å². The van der Waals surface area contributed by atoms with Gasteiger partial charge in [0.2, 0.25) is 0 Å². The van der Waals surface area contributed by atoms with Crippen LogP contribution in [0.2, 0.25) is 0 Å². The number of hydrogen-bond donors (Lipinski definition) is 2. The minimum atomic E-state index is -0.876. The van der Waals surface area contributed by atoms with Gasteiger partial charge < -0.3 is 0 Å². The first-order valence-corrected chi connectivity index (χ1v) is 14.9. The summed E-state index contributed by atoms with van der Waals surface area (Å²) in [5, 5.41) is 8.04. The van der Waals surface area contributed by atoms with Crippen molar-refractivity contribution in [2.24, 2.45) is 11.7 Å². The van der Waals surface area contributed by atoms with Gasteiger partial charge in [-0.05, 0) is 0 Å². The first-order valence-electron chi connectivity index (χ1n) is 12.0. The first kappa shape index (κ1) is 25.9. The number of nitrogens with one attached hydrogen (secondary N) is 1. The van der Waals surface area contributed by atoms with Crippen molar-refractivity contribution in [1.82, 2.24) is 14.8 Å². The van der Waals surface area contributed by atoms with Crippen LogP contribution < -0.4 is 32.3 Å². The molecule has 0 saturated heterocycles. The van der Waals surface area contributed by atoms with Gasteiger partial charge in [-0.3, -0.25) is 0 Å². The van der Waals surface area contributed by atoms with Crippen molar-refractivity contribution in [1.29, 1.82) is 0 Å². The summed E-state index contributed by atoms with van der Waals surface area (Å²) in [6.45, 7) is 0. The van der Waals surface area contributed by atoms with Crippen molar-refractivity contribution in [2.75, 3.05) is 19.5 Å². The maximum atomic E-state index is 12.0. The van der Waals surface area contributed by atoms with Gasteiger partial charge in [-0.25, -0.2) is 0 Å². The number of carbonyl (C=O) groups is 1. The average Bonchev–Trinajstić information content (AvgIpc) is 3.32. The normalized spacial score (nSPS) is 21.6. The van der Waals surface area contributed by atoms with E-state index in [2.05, 4.69) is 37.4 Å². The zero-order chi connectivity index (χ0) is 26.0. The number of nitrogens with two attached hydrogens (primary N) is 1. The van der Waals surface area contributed by atoms with Crippen LogP contribution in [0.5, 0.6) is 0 Å². The van der Waals surface area contributed by atoms with E-state index >= 15 is 0 Å². The van der Waals surface area contributed by atoms with Crippen LogP contribution in [0.25, 0.3) is 28.2 Å². The molecule has 3 aromatic rings. The van der Waals surface area contributed by atoms with Crippen LogP contribution in [0.1, 0.15) is 25.7 Å². The molecular formula is C27H28BrIN5O3-. The number of alkyl halides is 1. The Morgan fingerprint density at radius 3 is 2.54 bits per heavy atom. The molecule has 0 bridgehead atoms. The van der Waals surface area contributed by atoms with E-state index in [0.717, 1.165) is 63.9 Å². The van der Waals surface area contributed by atoms with Crippen molar-refractivity contribution >= 4 is 31.5 Å². The molecule has 1 saturated carbocycles. The molecule has 8 nitrogen and oxygen atoms in total. The Morgan fingerprint density at radius 2 is 1.89 bits per heavy atom. The Balaban J connectivity index is 1.38. The Hall–Kier alpha value is -2.70. The molecule has 0 spiro atoms. The van der Waals surface area contributed by atoms with E-state index in [-0.39, 0.29) is 13.5 Å². The summed E-state index contributed by atoms with van der Waals surface area (Å²) in [7, 11) is 3.14. The molecule has 0 amide bonds. The van der Waals surface area contributed by atoms with E-state index in [4.69, 9.17) is 15.2 Å². The van der Waals surface area contributed by atoms with Crippen LogP contribution in [0.3, 0.4) is 0 Å². The summed E-state index contributed by atoms with van der Waals surface area (Å²) in [6, 6.07) is 14.2. The van der Waals surface area contributed by atoms with Crippen molar-refractivity contribution < 1.29 is 35.5 Å². The fourth-order valence-corrected chi connectivity index (χ4v) is 7.85. The van der Waals surface area contributed by atoms with Crippen LogP contribution >= 0.6 is 15.9 Å². The molecule has 1 aliphatic carbocycles. The maximum absolute atomic E-state index is 12.0. The molecule has 5 rings (SSSR count). The van der Waals surface area contributed by atoms with Crippen molar-refractivity contribution in [3.63, 3.8) is 0 Å². The van der Waals surface area contributed by atoms with Crippen LogP contribution in [0.4, 0.5) is 10.6 Å². The first-order chi connectivity index (χ1) is 17.9. The number of anilines is 1. The number of rotatable bonds is 6. The van der Waals surface area contributed by atoms with Gasteiger partial charge in [0.25, 0.3) is 0 Å². The topological polar surface area (TPSA) is 104 Å². The van der Waals surface area contributed by atoms with Crippen molar-refractivity contribution in [3.05, 3.63) is 71.1 Å². The molecule has 1 aromatic carbocycles. The second kappa shape index (κ2) is 11.0. The number of allylic oxidation sites excluding steroid dienone is 2. The molecule has 37 heavy (non-hydrogen) atoms. The number of methoxy groups -OCH3 is 2. The molecule has 10 heteroatoms. The quantitative estimate of drug-likeness (QED) is 0.235. The molecule has 3 heterocycles. The third-order valence-electron chi connectivity index (χ3n) is 6.93. The summed E-state index contributed by atoms with van der Waals surface area (Å²) in [5.41, 5.74) is 11.5. The van der Waals surface area contributed by atoms with Crippen molar-refractivity contribution in [3.8, 4) is 22.4 Å². The number of aromatic nitrogens is 3. The fraction of sp³-hybridized carbons (Fsp3) is 0.296. The van der Waals surface area contributed by atoms with Crippen LogP contribution in [-0.2, 0) is 9.47 Å². The number of nitrogens with zero attached hydrogens (tertiary/aromatic N) is 3. The van der Waals surface area contributed by atoms with E-state index < -0.39 is 21.2 Å². The van der Waals surface area contributed by atoms with Crippen LogP contribution in [0.15, 0.2) is 71.1 Å². The average molecular weight is 677 g/mol. The summed E-state index contributed by atoms with van der Waals surface area (Å²) in [4.78, 5) is 16.7. The number of carbonyl (C=O) groups excluding carboxylic acids is 1. The van der Waals surface area contributed by atoms with Gasteiger partial charge in [0.15, 0.2) is 0 Å². The second-order valence-electron chi connectivity index (χ2n) is 8.96. The summed E-state index contributed by atoms with van der Waals surface area (Å²) in [6.07, 6.45) is 9.08. The standard InChI is InChI=1S/C27H28BrIN5O3/c1-36-26(35)29-27(37-2)12-10-17(11-13-27)20-15-32-25-21(16-33-34(25)24(30)23(20)28)19-8-9-22(31-14-19)18-6-4-3-5-7-18/h3-9,14-17,32H,10-13,30H2,1-2H3/q-1. The van der Waals surface area contributed by atoms with Crippen LogP contribution in [0, 0.1) is 5.92 Å². The fourth-order valence-electron chi connectivity index (χ4n) is 4.84. The molecule has 194 valence electrons. The zero-order valence-electron chi connectivity index (χ0n) is 20.6. The molecule has 1 fully saturated rings. The van der Waals surface area contributed by atoms with Gasteiger partial charge in [0, 0.05) is 5.56 Å². The van der Waals surface area contributed by atoms with Crippen molar-refractivity contribution in [2.45, 2.75) is 29.3 Å². The van der Waals surface area contributed by atoms with E-state index in [9.17, 15) is 4.79 Å². The van der Waals surface area contributed by atoms with Gasteiger partial charge in [0.05, 0.1) is 5.69 Å². The number of hydrogen-bond acceptors (Lipinski definition) is 7. The number of benzene rings is 1. The molecule has 0 unspecified atom stereocenters. The SMILES string of the molecule is COC(=O)[I-]C1(OC)CCC(C2=CNc3c(-c4ccc(-c5ccccc5)nc4)cnn3C(N)=C2Br)CC1. The van der Waals surface area contributed by atoms with E-state index in [1.807, 2.05) is 48.8 Å². The van der Waals surface area contributed by atoms with E-state index in [0.29, 0.717) is 5.82 Å². The zero-order valence-corrected chi connectivity index (χ0v) is 24.3. The van der Waals surface area contributed by atoms with Gasteiger partial charge >= 0.3 is 194 Å². The summed E-state index contributed by atoms with van der Waals surface area (Å²) < 4.78 is 12.8. The second-order valence-corrected chi connectivity index (χ2v) is 13.1. The third-order valence-corrected chi connectivity index (χ3v) is 11.2. The molecule has 1 aliphatic heterocycles. The number of fused-ring (bicyclic) bond motifs is 1. The summed E-state index contributed by atoms with van der Waals surface area (Å²) >= 11 is 2.87. The predicted molar refractivity (Wildman–Crippen MR) is 143 cm³/mol. The Bertz CT molecular complexity index is 1350. The monoisotopic (exact) mass is 676 g/mol. The van der Waals surface area contributed by atoms with Gasteiger partial charge in [-0.15, -0.1) is 0 Å².